The van der Waals surface area contributed by atoms with Gasteiger partial charge in [-0.1, -0.05) is 12.1 Å². The first kappa shape index (κ1) is 25.7. The number of amides is 2. The van der Waals surface area contributed by atoms with Crippen LogP contribution >= 0.6 is 0 Å². The standard InChI is InChI=1S/C24H31N3O6S/c1-16-7-5-9-21(17(16)2)26-24(29)15-27(14-20-8-6-12-33-20)34(30,31)23-13-19(25-18(3)28)10-11-22(23)32-4/h5,7,9-11,13,20H,6,8,12,14-15H2,1-4H3,(H,25,28)(H,26,29)/t20-/m1/s1. The van der Waals surface area contributed by atoms with E-state index in [0.29, 0.717) is 24.4 Å². The molecule has 34 heavy (non-hydrogen) atoms. The van der Waals surface area contributed by atoms with Crippen LogP contribution in [0.2, 0.25) is 0 Å². The Hall–Kier alpha value is -2.95. The second kappa shape index (κ2) is 11.0. The van der Waals surface area contributed by atoms with Crippen molar-refractivity contribution in [2.45, 2.75) is 44.6 Å². The second-order valence-electron chi connectivity index (χ2n) is 8.28. The molecule has 184 valence electrons. The molecule has 1 heterocycles. The van der Waals surface area contributed by atoms with Crippen molar-refractivity contribution < 1.29 is 27.5 Å². The van der Waals surface area contributed by atoms with Crippen LogP contribution in [0.1, 0.15) is 30.9 Å². The Morgan fingerprint density at radius 3 is 2.59 bits per heavy atom. The molecule has 3 rings (SSSR count). The van der Waals surface area contributed by atoms with Gasteiger partial charge in [0.15, 0.2) is 0 Å². The van der Waals surface area contributed by atoms with Gasteiger partial charge in [-0.15, -0.1) is 0 Å². The Balaban J connectivity index is 1.93. The molecule has 2 amide bonds. The number of aryl methyl sites for hydroxylation is 1. The van der Waals surface area contributed by atoms with E-state index in [4.69, 9.17) is 9.47 Å². The summed E-state index contributed by atoms with van der Waals surface area (Å²) in [5, 5.41) is 5.41. The Morgan fingerprint density at radius 1 is 1.18 bits per heavy atom. The lowest BCUT2D eigenvalue weighted by atomic mass is 10.1. The van der Waals surface area contributed by atoms with Crippen molar-refractivity contribution in [1.29, 1.82) is 0 Å². The second-order valence-corrected chi connectivity index (χ2v) is 10.2. The van der Waals surface area contributed by atoms with Crippen LogP contribution in [0, 0.1) is 13.8 Å². The highest BCUT2D eigenvalue weighted by molar-refractivity contribution is 7.89. The molecule has 2 aromatic carbocycles. The van der Waals surface area contributed by atoms with Gasteiger partial charge in [0.1, 0.15) is 10.6 Å². The first-order valence-electron chi connectivity index (χ1n) is 11.0. The van der Waals surface area contributed by atoms with Gasteiger partial charge in [-0.3, -0.25) is 9.59 Å². The van der Waals surface area contributed by atoms with Gasteiger partial charge in [-0.25, -0.2) is 8.42 Å². The number of nitrogens with zero attached hydrogens (tertiary/aromatic N) is 1. The number of hydrogen-bond donors (Lipinski definition) is 2. The van der Waals surface area contributed by atoms with Crippen LogP contribution in [0.15, 0.2) is 41.3 Å². The van der Waals surface area contributed by atoms with Crippen molar-refractivity contribution in [1.82, 2.24) is 4.31 Å². The van der Waals surface area contributed by atoms with E-state index in [1.807, 2.05) is 26.0 Å². The molecule has 1 fully saturated rings. The Bertz CT molecular complexity index is 1160. The van der Waals surface area contributed by atoms with Gasteiger partial charge in [0.2, 0.25) is 21.8 Å². The lowest BCUT2D eigenvalue weighted by molar-refractivity contribution is -0.116. The maximum Gasteiger partial charge on any atom is 0.247 e. The number of anilines is 2. The number of benzene rings is 2. The summed E-state index contributed by atoms with van der Waals surface area (Å²) < 4.78 is 39.5. The van der Waals surface area contributed by atoms with E-state index in [0.717, 1.165) is 21.9 Å². The summed E-state index contributed by atoms with van der Waals surface area (Å²) >= 11 is 0. The van der Waals surface area contributed by atoms with Crippen LogP contribution in [0.4, 0.5) is 11.4 Å². The van der Waals surface area contributed by atoms with Crippen molar-refractivity contribution in [3.8, 4) is 5.75 Å². The van der Waals surface area contributed by atoms with Crippen molar-refractivity contribution in [3.63, 3.8) is 0 Å². The molecule has 2 aromatic rings. The summed E-state index contributed by atoms with van der Waals surface area (Å²) in [6.45, 7) is 5.34. The molecule has 9 nitrogen and oxygen atoms in total. The van der Waals surface area contributed by atoms with Gasteiger partial charge in [-0.05, 0) is 62.1 Å². The maximum absolute atomic E-state index is 13.7. The summed E-state index contributed by atoms with van der Waals surface area (Å²) in [7, 11) is -2.81. The summed E-state index contributed by atoms with van der Waals surface area (Å²) in [5.41, 5.74) is 2.86. The Morgan fingerprint density at radius 2 is 1.94 bits per heavy atom. The highest BCUT2D eigenvalue weighted by Gasteiger charge is 2.33. The molecule has 0 aliphatic carbocycles. The van der Waals surface area contributed by atoms with Crippen LogP contribution in [0.3, 0.4) is 0 Å². The molecular weight excluding hydrogens is 458 g/mol. The van der Waals surface area contributed by atoms with Crippen LogP contribution in [-0.2, 0) is 24.3 Å². The molecule has 0 spiro atoms. The van der Waals surface area contributed by atoms with Gasteiger partial charge in [-0.2, -0.15) is 4.31 Å². The average molecular weight is 490 g/mol. The molecule has 0 unspecified atom stereocenters. The van der Waals surface area contributed by atoms with E-state index in [1.54, 1.807) is 12.1 Å². The van der Waals surface area contributed by atoms with Crippen LogP contribution in [0.25, 0.3) is 0 Å². The highest BCUT2D eigenvalue weighted by atomic mass is 32.2. The highest BCUT2D eigenvalue weighted by Crippen LogP contribution is 2.31. The van der Waals surface area contributed by atoms with Crippen LogP contribution in [0.5, 0.6) is 5.75 Å². The summed E-state index contributed by atoms with van der Waals surface area (Å²) in [5.74, 6) is -0.689. The number of methoxy groups -OCH3 is 1. The van der Waals surface area contributed by atoms with E-state index >= 15 is 0 Å². The summed E-state index contributed by atoms with van der Waals surface area (Å²) in [4.78, 5) is 24.3. The van der Waals surface area contributed by atoms with Crippen LogP contribution < -0.4 is 15.4 Å². The van der Waals surface area contributed by atoms with E-state index in [2.05, 4.69) is 10.6 Å². The van der Waals surface area contributed by atoms with Gasteiger partial charge < -0.3 is 20.1 Å². The Kier molecular flexibility index (Phi) is 8.29. The van der Waals surface area contributed by atoms with Crippen molar-refractivity contribution >= 4 is 33.2 Å². The fourth-order valence-corrected chi connectivity index (χ4v) is 5.41. The van der Waals surface area contributed by atoms with Gasteiger partial charge in [0.05, 0.1) is 19.8 Å². The van der Waals surface area contributed by atoms with E-state index < -0.39 is 22.5 Å². The predicted molar refractivity (Wildman–Crippen MR) is 130 cm³/mol. The zero-order valence-corrected chi connectivity index (χ0v) is 20.7. The number of ether oxygens (including phenoxy) is 2. The molecule has 1 saturated heterocycles. The maximum atomic E-state index is 13.7. The molecule has 10 heteroatoms. The first-order valence-corrected chi connectivity index (χ1v) is 12.5. The summed E-state index contributed by atoms with van der Waals surface area (Å²) in [6, 6.07) is 9.90. The molecule has 1 aliphatic rings. The zero-order valence-electron chi connectivity index (χ0n) is 19.9. The van der Waals surface area contributed by atoms with Gasteiger partial charge >= 0.3 is 0 Å². The molecule has 1 atom stereocenters. The fourth-order valence-electron chi connectivity index (χ4n) is 3.80. The third-order valence-corrected chi connectivity index (χ3v) is 7.56. The van der Waals surface area contributed by atoms with Crippen molar-refractivity contribution in [3.05, 3.63) is 47.5 Å². The monoisotopic (exact) mass is 489 g/mol. The lowest BCUT2D eigenvalue weighted by Crippen LogP contribution is -2.42. The SMILES string of the molecule is COc1ccc(NC(C)=O)cc1S(=O)(=O)N(CC(=O)Nc1cccc(C)c1C)C[C@H]1CCCO1. The first-order chi connectivity index (χ1) is 16.1. The smallest absolute Gasteiger partial charge is 0.247 e. The zero-order chi connectivity index (χ0) is 24.9. The van der Waals surface area contributed by atoms with E-state index in [-0.39, 0.29) is 29.2 Å². The number of carbonyl (C=O) groups excluding carboxylic acids is 2. The summed E-state index contributed by atoms with van der Waals surface area (Å²) in [6.07, 6.45) is 1.22. The van der Waals surface area contributed by atoms with Crippen molar-refractivity contribution in [2.24, 2.45) is 0 Å². The number of carbonyl (C=O) groups is 2. The van der Waals surface area contributed by atoms with Gasteiger partial charge in [0.25, 0.3) is 0 Å². The van der Waals surface area contributed by atoms with Crippen molar-refractivity contribution in [2.75, 3.05) is 37.4 Å². The minimum absolute atomic E-state index is 0.0239. The largest absolute Gasteiger partial charge is 0.495 e. The average Bonchev–Trinajstić information content (AvgIpc) is 3.29. The number of hydrogen-bond acceptors (Lipinski definition) is 6. The minimum atomic E-state index is -4.18. The molecule has 0 radical (unpaired) electrons. The molecule has 0 aromatic heterocycles. The minimum Gasteiger partial charge on any atom is -0.495 e. The number of rotatable bonds is 9. The predicted octanol–water partition coefficient (Wildman–Crippen LogP) is 3.08. The number of nitrogens with one attached hydrogen (secondary N) is 2. The van der Waals surface area contributed by atoms with Crippen LogP contribution in [-0.4, -0.2) is 57.4 Å². The number of sulfonamides is 1. The molecule has 0 bridgehead atoms. The topological polar surface area (TPSA) is 114 Å². The fraction of sp³-hybridized carbons (Fsp3) is 0.417. The third kappa shape index (κ3) is 6.13. The Labute approximate surface area is 200 Å². The normalized spacial score (nSPS) is 15.9. The third-order valence-electron chi connectivity index (χ3n) is 5.73. The van der Waals surface area contributed by atoms with Gasteiger partial charge in [0, 0.05) is 31.5 Å². The van der Waals surface area contributed by atoms with E-state index in [9.17, 15) is 18.0 Å². The molecule has 2 N–H and O–H groups in total. The molecule has 0 saturated carbocycles. The lowest BCUT2D eigenvalue weighted by Gasteiger charge is -2.25. The quantitative estimate of drug-likeness (QED) is 0.560. The van der Waals surface area contributed by atoms with E-state index in [1.165, 1.54) is 26.2 Å². The molecule has 1 aliphatic heterocycles. The molecular formula is C24H31N3O6S.